The Kier molecular flexibility index (Phi) is 5.32. The number of non-ortho nitro benzene ring substituents is 1. The van der Waals surface area contributed by atoms with Crippen LogP contribution in [0.15, 0.2) is 88.8 Å². The van der Waals surface area contributed by atoms with Crippen LogP contribution < -0.4 is 4.90 Å². The van der Waals surface area contributed by atoms with Crippen molar-refractivity contribution in [1.82, 2.24) is 0 Å². The number of phenolic OH excluding ortho intramolecular Hbond substituents is 1. The molecule has 1 heterocycles. The molecule has 3 aromatic carbocycles. The van der Waals surface area contributed by atoms with Crippen LogP contribution in [0, 0.1) is 10.1 Å². The predicted molar refractivity (Wildman–Crippen MR) is 118 cm³/mol. The van der Waals surface area contributed by atoms with Crippen LogP contribution in [-0.2, 0) is 4.79 Å². The zero-order chi connectivity index (χ0) is 21.1. The number of amides is 1. The number of nitrogens with zero attached hydrogens (tertiary/aromatic N) is 3. The van der Waals surface area contributed by atoms with Crippen LogP contribution in [0.25, 0.3) is 6.08 Å². The van der Waals surface area contributed by atoms with Crippen molar-refractivity contribution in [3.63, 3.8) is 0 Å². The van der Waals surface area contributed by atoms with Gasteiger partial charge in [-0.15, -0.1) is 0 Å². The lowest BCUT2D eigenvalue weighted by molar-refractivity contribution is -0.384. The van der Waals surface area contributed by atoms with Crippen molar-refractivity contribution in [2.24, 2.45) is 4.99 Å². The van der Waals surface area contributed by atoms with E-state index in [-0.39, 0.29) is 22.9 Å². The molecule has 1 saturated heterocycles. The molecular formula is C22H15N3O4S. The van der Waals surface area contributed by atoms with Crippen molar-refractivity contribution in [3.05, 3.63) is 99.4 Å². The van der Waals surface area contributed by atoms with Gasteiger partial charge in [-0.2, -0.15) is 0 Å². The van der Waals surface area contributed by atoms with Gasteiger partial charge in [-0.1, -0.05) is 36.4 Å². The average molecular weight is 417 g/mol. The highest BCUT2D eigenvalue weighted by atomic mass is 32.2. The monoisotopic (exact) mass is 417 g/mol. The van der Waals surface area contributed by atoms with E-state index in [0.717, 1.165) is 11.8 Å². The van der Waals surface area contributed by atoms with Gasteiger partial charge >= 0.3 is 0 Å². The van der Waals surface area contributed by atoms with Gasteiger partial charge in [0.2, 0.25) is 0 Å². The van der Waals surface area contributed by atoms with E-state index in [1.165, 1.54) is 29.2 Å². The van der Waals surface area contributed by atoms with Gasteiger partial charge < -0.3 is 5.11 Å². The summed E-state index contributed by atoms with van der Waals surface area (Å²) in [4.78, 5) is 30.1. The Morgan fingerprint density at radius 3 is 2.33 bits per heavy atom. The Hall–Kier alpha value is -3.91. The zero-order valence-electron chi connectivity index (χ0n) is 15.5. The van der Waals surface area contributed by atoms with Gasteiger partial charge in [-0.05, 0) is 48.2 Å². The van der Waals surface area contributed by atoms with Crippen molar-refractivity contribution in [2.45, 2.75) is 0 Å². The quantitative estimate of drug-likeness (QED) is 0.362. The number of rotatable bonds is 4. The fourth-order valence-corrected chi connectivity index (χ4v) is 3.87. The normalized spacial score (nSPS) is 16.4. The van der Waals surface area contributed by atoms with E-state index in [0.29, 0.717) is 21.4 Å². The second-order valence-corrected chi connectivity index (χ2v) is 7.33. The van der Waals surface area contributed by atoms with E-state index in [4.69, 9.17) is 0 Å². The zero-order valence-corrected chi connectivity index (χ0v) is 16.3. The minimum absolute atomic E-state index is 0.152. The summed E-state index contributed by atoms with van der Waals surface area (Å²) in [6.07, 6.45) is 1.44. The second kappa shape index (κ2) is 8.22. The molecule has 0 unspecified atom stereocenters. The maximum atomic E-state index is 13.2. The summed E-state index contributed by atoms with van der Waals surface area (Å²) in [5, 5.41) is 21.6. The van der Waals surface area contributed by atoms with Gasteiger partial charge in [0.05, 0.1) is 21.2 Å². The van der Waals surface area contributed by atoms with Crippen LogP contribution in [0.4, 0.5) is 17.1 Å². The van der Waals surface area contributed by atoms with Gasteiger partial charge in [-0.3, -0.25) is 19.8 Å². The number of nitro benzene ring substituents is 1. The molecule has 4 rings (SSSR count). The number of hydrogen-bond acceptors (Lipinski definition) is 6. The number of hydrogen-bond donors (Lipinski definition) is 1. The number of anilines is 1. The van der Waals surface area contributed by atoms with Crippen LogP contribution in [0.1, 0.15) is 5.56 Å². The number of aliphatic imine (C=N–C) groups is 1. The summed E-state index contributed by atoms with van der Waals surface area (Å²) in [5.41, 5.74) is 1.35. The molecule has 1 fully saturated rings. The summed E-state index contributed by atoms with van der Waals surface area (Å²) in [6.45, 7) is 0. The number of phenols is 1. The Morgan fingerprint density at radius 2 is 1.67 bits per heavy atom. The smallest absolute Gasteiger partial charge is 0.271 e. The molecule has 1 aliphatic rings. The third kappa shape index (κ3) is 3.94. The number of thioether (sulfide) groups is 1. The van der Waals surface area contributed by atoms with Crippen molar-refractivity contribution in [1.29, 1.82) is 0 Å². The van der Waals surface area contributed by atoms with Crippen LogP contribution in [-0.4, -0.2) is 21.1 Å². The first-order chi connectivity index (χ1) is 14.5. The second-order valence-electron chi connectivity index (χ2n) is 6.32. The predicted octanol–water partition coefficient (Wildman–Crippen LogP) is 5.11. The third-order valence-electron chi connectivity index (χ3n) is 4.31. The van der Waals surface area contributed by atoms with E-state index < -0.39 is 4.92 Å². The first-order valence-corrected chi connectivity index (χ1v) is 9.75. The molecular weight excluding hydrogens is 402 g/mol. The van der Waals surface area contributed by atoms with Gasteiger partial charge in [-0.25, -0.2) is 4.99 Å². The Balaban J connectivity index is 1.79. The van der Waals surface area contributed by atoms with Gasteiger partial charge in [0.1, 0.15) is 5.75 Å². The standard InChI is InChI=1S/C22H15N3O4S/c26-19-12-11-18(25(28)29)13-15(19)14-20-21(27)24(17-9-5-2-6-10-17)22(30-20)23-16-7-3-1-4-8-16/h1-14,26H. The highest BCUT2D eigenvalue weighted by Gasteiger charge is 2.35. The van der Waals surface area contributed by atoms with Crippen molar-refractivity contribution >= 4 is 46.0 Å². The number of para-hydroxylation sites is 2. The molecule has 0 bridgehead atoms. The summed E-state index contributed by atoms with van der Waals surface area (Å²) < 4.78 is 0. The summed E-state index contributed by atoms with van der Waals surface area (Å²) in [5.74, 6) is -0.479. The molecule has 1 N–H and O–H groups in total. The molecule has 1 amide bonds. The molecule has 0 spiro atoms. The summed E-state index contributed by atoms with van der Waals surface area (Å²) >= 11 is 1.14. The molecule has 1 aliphatic heterocycles. The molecule has 30 heavy (non-hydrogen) atoms. The van der Waals surface area contributed by atoms with Crippen LogP contribution in [0.3, 0.4) is 0 Å². The first-order valence-electron chi connectivity index (χ1n) is 8.93. The number of aromatic hydroxyl groups is 1. The minimum atomic E-state index is -0.552. The lowest BCUT2D eigenvalue weighted by atomic mass is 10.1. The maximum Gasteiger partial charge on any atom is 0.271 e. The maximum absolute atomic E-state index is 13.2. The number of carbonyl (C=O) groups is 1. The summed E-state index contributed by atoms with van der Waals surface area (Å²) in [6, 6.07) is 22.0. The molecule has 0 radical (unpaired) electrons. The lowest BCUT2D eigenvalue weighted by Crippen LogP contribution is -2.28. The molecule has 8 heteroatoms. The molecule has 7 nitrogen and oxygen atoms in total. The van der Waals surface area contributed by atoms with Crippen molar-refractivity contribution in [3.8, 4) is 5.75 Å². The van der Waals surface area contributed by atoms with Crippen LogP contribution in [0.5, 0.6) is 5.75 Å². The third-order valence-corrected chi connectivity index (χ3v) is 5.28. The SMILES string of the molecule is O=C1C(=Cc2cc([N+](=O)[O-])ccc2O)SC(=Nc2ccccc2)N1c1ccccc1. The highest BCUT2D eigenvalue weighted by molar-refractivity contribution is 8.19. The van der Waals surface area contributed by atoms with E-state index in [1.54, 1.807) is 12.1 Å². The van der Waals surface area contributed by atoms with E-state index in [9.17, 15) is 20.0 Å². The summed E-state index contributed by atoms with van der Waals surface area (Å²) in [7, 11) is 0. The van der Waals surface area contributed by atoms with E-state index in [2.05, 4.69) is 4.99 Å². The fourth-order valence-electron chi connectivity index (χ4n) is 2.88. The number of benzene rings is 3. The molecule has 3 aromatic rings. The van der Waals surface area contributed by atoms with E-state index in [1.807, 2.05) is 48.5 Å². The van der Waals surface area contributed by atoms with Crippen molar-refractivity contribution in [2.75, 3.05) is 4.90 Å². The minimum Gasteiger partial charge on any atom is -0.507 e. The Morgan fingerprint density at radius 1 is 1.00 bits per heavy atom. The Bertz CT molecular complexity index is 1180. The molecule has 0 saturated carbocycles. The van der Waals surface area contributed by atoms with Crippen LogP contribution in [0.2, 0.25) is 0 Å². The number of nitro groups is 1. The fraction of sp³-hybridized carbons (Fsp3) is 0. The topological polar surface area (TPSA) is 96.0 Å². The highest BCUT2D eigenvalue weighted by Crippen LogP contribution is 2.38. The number of carbonyl (C=O) groups excluding carboxylic acids is 1. The molecule has 0 aromatic heterocycles. The van der Waals surface area contributed by atoms with Gasteiger partial charge in [0.15, 0.2) is 5.17 Å². The average Bonchev–Trinajstić information content (AvgIpc) is 3.05. The largest absolute Gasteiger partial charge is 0.507 e. The number of amidine groups is 1. The van der Waals surface area contributed by atoms with E-state index >= 15 is 0 Å². The molecule has 148 valence electrons. The van der Waals surface area contributed by atoms with Gasteiger partial charge in [0, 0.05) is 17.7 Å². The Labute approximate surface area is 176 Å². The van der Waals surface area contributed by atoms with Gasteiger partial charge in [0.25, 0.3) is 11.6 Å². The lowest BCUT2D eigenvalue weighted by Gasteiger charge is -2.15. The molecule has 0 aliphatic carbocycles. The molecule has 0 atom stereocenters. The van der Waals surface area contributed by atoms with Crippen molar-refractivity contribution < 1.29 is 14.8 Å². The first kappa shape index (κ1) is 19.4. The van der Waals surface area contributed by atoms with Crippen LogP contribution >= 0.6 is 11.8 Å².